The molecular formula is C7H11N5. The molecule has 1 aromatic rings. The van der Waals surface area contributed by atoms with Crippen molar-refractivity contribution in [2.75, 3.05) is 23.9 Å². The fourth-order valence-electron chi connectivity index (χ4n) is 1.38. The first kappa shape index (κ1) is 7.15. The summed E-state index contributed by atoms with van der Waals surface area (Å²) in [5.41, 5.74) is 1.20. The number of nitrogens with zero attached hydrogens (tertiary/aromatic N) is 3. The highest BCUT2D eigenvalue weighted by atomic mass is 15.3. The molecule has 1 aromatic heterocycles. The summed E-state index contributed by atoms with van der Waals surface area (Å²) in [4.78, 5) is 5.93. The van der Waals surface area contributed by atoms with Crippen LogP contribution in [-0.4, -0.2) is 23.3 Å². The maximum Gasteiger partial charge on any atom is 0.173 e. The number of aryl methyl sites for hydroxylation is 1. The van der Waals surface area contributed by atoms with Crippen molar-refractivity contribution in [3.8, 4) is 0 Å². The molecule has 5 heteroatoms. The zero-order valence-electron chi connectivity index (χ0n) is 7.13. The van der Waals surface area contributed by atoms with Gasteiger partial charge < -0.3 is 14.8 Å². The van der Waals surface area contributed by atoms with Crippen molar-refractivity contribution in [3.05, 3.63) is 11.8 Å². The number of aromatic nitrogens is 2. The SMILES string of the molecule is CN1CNc2c1c(=N)ncn2C. The maximum atomic E-state index is 7.57. The first-order valence-corrected chi connectivity index (χ1v) is 3.75. The topological polar surface area (TPSA) is 56.9 Å². The second-order valence-electron chi connectivity index (χ2n) is 2.93. The lowest BCUT2D eigenvalue weighted by molar-refractivity contribution is 0.856. The highest BCUT2D eigenvalue weighted by Crippen LogP contribution is 2.23. The molecule has 0 bridgehead atoms. The molecule has 5 nitrogen and oxygen atoms in total. The van der Waals surface area contributed by atoms with Gasteiger partial charge in [-0.1, -0.05) is 0 Å². The van der Waals surface area contributed by atoms with Gasteiger partial charge in [-0.15, -0.1) is 0 Å². The fraction of sp³-hybridized carbons (Fsp3) is 0.429. The molecule has 0 saturated carbocycles. The summed E-state index contributed by atoms with van der Waals surface area (Å²) in [6.45, 7) is 0.751. The lowest BCUT2D eigenvalue weighted by atomic mass is 10.4. The molecule has 0 fully saturated rings. The Labute approximate surface area is 70.2 Å². The fourth-order valence-corrected chi connectivity index (χ4v) is 1.38. The minimum Gasteiger partial charge on any atom is -0.352 e. The van der Waals surface area contributed by atoms with Crippen LogP contribution in [0.4, 0.5) is 11.5 Å². The second-order valence-corrected chi connectivity index (χ2v) is 2.93. The van der Waals surface area contributed by atoms with Crippen LogP contribution in [0.3, 0.4) is 0 Å². The summed E-state index contributed by atoms with van der Waals surface area (Å²) < 4.78 is 1.89. The monoisotopic (exact) mass is 165 g/mol. The van der Waals surface area contributed by atoms with Crippen molar-refractivity contribution in [1.82, 2.24) is 9.55 Å². The smallest absolute Gasteiger partial charge is 0.173 e. The number of anilines is 2. The Kier molecular flexibility index (Phi) is 1.33. The first-order chi connectivity index (χ1) is 5.70. The van der Waals surface area contributed by atoms with Gasteiger partial charge in [0.15, 0.2) is 5.49 Å². The van der Waals surface area contributed by atoms with Crippen molar-refractivity contribution >= 4 is 11.5 Å². The highest BCUT2D eigenvalue weighted by molar-refractivity contribution is 5.69. The Balaban J connectivity index is 2.73. The Bertz CT molecular complexity index is 367. The molecule has 0 amide bonds. The Morgan fingerprint density at radius 3 is 3.00 bits per heavy atom. The van der Waals surface area contributed by atoms with Gasteiger partial charge in [-0.05, 0) is 0 Å². The van der Waals surface area contributed by atoms with E-state index in [1.807, 2.05) is 23.6 Å². The summed E-state index contributed by atoms with van der Waals surface area (Å²) in [5.74, 6) is 0.970. The molecule has 1 aliphatic rings. The number of hydrogen-bond acceptors (Lipinski definition) is 4. The van der Waals surface area contributed by atoms with Gasteiger partial charge in [0.25, 0.3) is 0 Å². The molecule has 0 saturated heterocycles. The van der Waals surface area contributed by atoms with Crippen molar-refractivity contribution in [1.29, 1.82) is 5.41 Å². The molecule has 2 rings (SSSR count). The van der Waals surface area contributed by atoms with Gasteiger partial charge in [0.2, 0.25) is 0 Å². The summed E-state index contributed by atoms with van der Waals surface area (Å²) >= 11 is 0. The van der Waals surface area contributed by atoms with Crippen LogP contribution in [0.25, 0.3) is 0 Å². The normalized spacial score (nSPS) is 14.3. The van der Waals surface area contributed by atoms with E-state index in [4.69, 9.17) is 5.41 Å². The van der Waals surface area contributed by atoms with Crippen LogP contribution in [0.1, 0.15) is 0 Å². The minimum atomic E-state index is 0.329. The van der Waals surface area contributed by atoms with Crippen LogP contribution < -0.4 is 15.7 Å². The lowest BCUT2D eigenvalue weighted by Crippen LogP contribution is -2.22. The van der Waals surface area contributed by atoms with E-state index in [1.165, 1.54) is 0 Å². The van der Waals surface area contributed by atoms with E-state index in [2.05, 4.69) is 10.3 Å². The number of nitrogens with one attached hydrogen (secondary N) is 2. The first-order valence-electron chi connectivity index (χ1n) is 3.75. The van der Waals surface area contributed by atoms with Gasteiger partial charge in [0.1, 0.15) is 11.5 Å². The zero-order valence-corrected chi connectivity index (χ0v) is 7.13. The summed E-state index contributed by atoms with van der Waals surface area (Å²) in [5, 5.41) is 10.8. The van der Waals surface area contributed by atoms with Crippen LogP contribution in [0.15, 0.2) is 6.33 Å². The molecule has 2 N–H and O–H groups in total. The van der Waals surface area contributed by atoms with Crippen molar-refractivity contribution < 1.29 is 0 Å². The zero-order chi connectivity index (χ0) is 8.72. The van der Waals surface area contributed by atoms with E-state index in [0.717, 1.165) is 18.2 Å². The third-order valence-corrected chi connectivity index (χ3v) is 2.03. The van der Waals surface area contributed by atoms with Gasteiger partial charge in [-0.2, -0.15) is 0 Å². The predicted molar refractivity (Wildman–Crippen MR) is 46.0 cm³/mol. The van der Waals surface area contributed by atoms with Gasteiger partial charge in [0, 0.05) is 14.1 Å². The summed E-state index contributed by atoms with van der Waals surface area (Å²) in [6.07, 6.45) is 1.65. The van der Waals surface area contributed by atoms with E-state index < -0.39 is 0 Å². The molecule has 0 spiro atoms. The van der Waals surface area contributed by atoms with E-state index in [-0.39, 0.29) is 0 Å². The third-order valence-electron chi connectivity index (χ3n) is 2.03. The van der Waals surface area contributed by atoms with Crippen LogP contribution in [-0.2, 0) is 7.05 Å². The molecule has 0 aliphatic carbocycles. The van der Waals surface area contributed by atoms with Crippen LogP contribution in [0.5, 0.6) is 0 Å². The summed E-state index contributed by atoms with van der Waals surface area (Å²) in [6, 6.07) is 0. The van der Waals surface area contributed by atoms with Gasteiger partial charge in [0.05, 0.1) is 13.0 Å². The van der Waals surface area contributed by atoms with Gasteiger partial charge in [-0.25, -0.2) is 4.98 Å². The quantitative estimate of drug-likeness (QED) is 0.556. The standard InChI is InChI=1S/C7H11N5/c1-11-4-10-7-5(11)6(8)9-3-12(7)2/h3,8,10H,4H2,1-2H3. The molecule has 0 unspecified atom stereocenters. The summed E-state index contributed by atoms with van der Waals surface area (Å²) in [7, 11) is 3.86. The molecule has 0 aromatic carbocycles. The number of rotatable bonds is 0. The van der Waals surface area contributed by atoms with E-state index in [0.29, 0.717) is 5.49 Å². The number of fused-ring (bicyclic) bond motifs is 1. The van der Waals surface area contributed by atoms with Crippen LogP contribution in [0.2, 0.25) is 0 Å². The predicted octanol–water partition coefficient (Wildman–Crippen LogP) is -0.281. The maximum absolute atomic E-state index is 7.57. The van der Waals surface area contributed by atoms with Crippen molar-refractivity contribution in [2.24, 2.45) is 7.05 Å². The molecule has 12 heavy (non-hydrogen) atoms. The van der Waals surface area contributed by atoms with Gasteiger partial charge >= 0.3 is 0 Å². The number of hydrogen-bond donors (Lipinski definition) is 2. The van der Waals surface area contributed by atoms with Crippen molar-refractivity contribution in [3.63, 3.8) is 0 Å². The average molecular weight is 165 g/mol. The van der Waals surface area contributed by atoms with Gasteiger partial charge in [-0.3, -0.25) is 5.41 Å². The molecule has 0 atom stereocenters. The highest BCUT2D eigenvalue weighted by Gasteiger charge is 2.18. The molecule has 1 aliphatic heterocycles. The Hall–Kier alpha value is -1.52. The average Bonchev–Trinajstić information content (AvgIpc) is 2.42. The van der Waals surface area contributed by atoms with E-state index >= 15 is 0 Å². The van der Waals surface area contributed by atoms with Crippen molar-refractivity contribution in [2.45, 2.75) is 0 Å². The molecule has 2 heterocycles. The van der Waals surface area contributed by atoms with E-state index in [9.17, 15) is 0 Å². The van der Waals surface area contributed by atoms with E-state index in [1.54, 1.807) is 6.33 Å². The minimum absolute atomic E-state index is 0.329. The third kappa shape index (κ3) is 0.792. The molecule has 0 radical (unpaired) electrons. The van der Waals surface area contributed by atoms with Crippen LogP contribution in [0, 0.1) is 5.41 Å². The largest absolute Gasteiger partial charge is 0.352 e. The molecular weight excluding hydrogens is 154 g/mol. The Morgan fingerprint density at radius 1 is 1.58 bits per heavy atom. The Morgan fingerprint density at radius 2 is 2.33 bits per heavy atom. The van der Waals surface area contributed by atoms with Crippen LogP contribution >= 0.6 is 0 Å². The lowest BCUT2D eigenvalue weighted by Gasteiger charge is -2.09. The second kappa shape index (κ2) is 2.23. The molecule has 64 valence electrons.